The standard InChI is InChI=1S/C17H19ClFN/c1-10-7-11(2)16(12(3)8-10)17(20-4)14-9-13(19)5-6-15(14)18/h5-9,17,20H,1-4H3. The summed E-state index contributed by atoms with van der Waals surface area (Å²) in [6.45, 7) is 6.23. The quantitative estimate of drug-likeness (QED) is 0.863. The Bertz CT molecular complexity index is 614. The van der Waals surface area contributed by atoms with Gasteiger partial charge < -0.3 is 5.32 Å². The van der Waals surface area contributed by atoms with Crippen molar-refractivity contribution in [1.29, 1.82) is 0 Å². The van der Waals surface area contributed by atoms with Crippen LogP contribution in [0.15, 0.2) is 30.3 Å². The fourth-order valence-electron chi connectivity index (χ4n) is 2.84. The predicted octanol–water partition coefficient (Wildman–Crippen LogP) is 4.71. The van der Waals surface area contributed by atoms with Crippen LogP contribution in [0, 0.1) is 26.6 Å². The fourth-order valence-corrected chi connectivity index (χ4v) is 3.06. The van der Waals surface area contributed by atoms with Crippen LogP contribution >= 0.6 is 11.6 Å². The monoisotopic (exact) mass is 291 g/mol. The number of hydrogen-bond acceptors (Lipinski definition) is 1. The molecule has 2 aromatic carbocycles. The van der Waals surface area contributed by atoms with Crippen molar-refractivity contribution in [2.24, 2.45) is 0 Å². The molecule has 0 radical (unpaired) electrons. The molecule has 0 saturated heterocycles. The normalized spacial score (nSPS) is 12.5. The molecule has 106 valence electrons. The van der Waals surface area contributed by atoms with Gasteiger partial charge in [0.15, 0.2) is 0 Å². The zero-order valence-electron chi connectivity index (χ0n) is 12.2. The lowest BCUT2D eigenvalue weighted by molar-refractivity contribution is 0.615. The van der Waals surface area contributed by atoms with Crippen molar-refractivity contribution in [3.63, 3.8) is 0 Å². The van der Waals surface area contributed by atoms with E-state index < -0.39 is 0 Å². The molecule has 2 aromatic rings. The fraction of sp³-hybridized carbons (Fsp3) is 0.294. The van der Waals surface area contributed by atoms with Gasteiger partial charge in [0.2, 0.25) is 0 Å². The lowest BCUT2D eigenvalue weighted by Crippen LogP contribution is -2.20. The summed E-state index contributed by atoms with van der Waals surface area (Å²) in [6.07, 6.45) is 0. The Labute approximate surface area is 124 Å². The molecule has 3 heteroatoms. The SMILES string of the molecule is CNC(c1cc(F)ccc1Cl)c1c(C)cc(C)cc1C. The lowest BCUT2D eigenvalue weighted by atomic mass is 9.90. The second-order valence-corrected chi connectivity index (χ2v) is 5.61. The summed E-state index contributed by atoms with van der Waals surface area (Å²) in [7, 11) is 1.87. The first-order valence-electron chi connectivity index (χ1n) is 6.64. The summed E-state index contributed by atoms with van der Waals surface area (Å²) in [6, 6.07) is 8.66. The number of halogens is 2. The summed E-state index contributed by atoms with van der Waals surface area (Å²) in [4.78, 5) is 0. The van der Waals surface area contributed by atoms with E-state index in [9.17, 15) is 4.39 Å². The van der Waals surface area contributed by atoms with E-state index in [1.807, 2.05) is 7.05 Å². The van der Waals surface area contributed by atoms with Gasteiger partial charge in [0.25, 0.3) is 0 Å². The van der Waals surface area contributed by atoms with E-state index in [4.69, 9.17) is 11.6 Å². The van der Waals surface area contributed by atoms with Crippen LogP contribution in [0.5, 0.6) is 0 Å². The van der Waals surface area contributed by atoms with E-state index in [-0.39, 0.29) is 11.9 Å². The molecule has 0 aliphatic carbocycles. The lowest BCUT2D eigenvalue weighted by Gasteiger charge is -2.23. The minimum atomic E-state index is -0.271. The molecule has 0 amide bonds. The second-order valence-electron chi connectivity index (χ2n) is 5.20. The molecule has 1 nitrogen and oxygen atoms in total. The maximum atomic E-state index is 13.5. The van der Waals surface area contributed by atoms with E-state index in [1.165, 1.54) is 28.8 Å². The molecule has 0 spiro atoms. The summed E-state index contributed by atoms with van der Waals surface area (Å²) < 4.78 is 13.5. The van der Waals surface area contributed by atoms with E-state index in [2.05, 4.69) is 38.2 Å². The van der Waals surface area contributed by atoms with Crippen molar-refractivity contribution in [1.82, 2.24) is 5.32 Å². The number of hydrogen-bond donors (Lipinski definition) is 1. The zero-order chi connectivity index (χ0) is 14.9. The number of nitrogens with one attached hydrogen (secondary N) is 1. The van der Waals surface area contributed by atoms with E-state index >= 15 is 0 Å². The molecule has 1 unspecified atom stereocenters. The highest BCUT2D eigenvalue weighted by Gasteiger charge is 2.20. The second kappa shape index (κ2) is 5.94. The molecular formula is C17H19ClFN. The molecule has 0 bridgehead atoms. The predicted molar refractivity (Wildman–Crippen MR) is 83.0 cm³/mol. The summed E-state index contributed by atoms with van der Waals surface area (Å²) in [5.41, 5.74) is 5.52. The van der Waals surface area contributed by atoms with Crippen LogP contribution in [-0.2, 0) is 0 Å². The Morgan fingerprint density at radius 2 is 1.65 bits per heavy atom. The molecule has 20 heavy (non-hydrogen) atoms. The van der Waals surface area contributed by atoms with Crippen LogP contribution in [0.4, 0.5) is 4.39 Å². The van der Waals surface area contributed by atoms with Crippen molar-refractivity contribution < 1.29 is 4.39 Å². The van der Waals surface area contributed by atoms with E-state index in [0.717, 1.165) is 11.1 Å². The third-order valence-corrected chi connectivity index (χ3v) is 3.93. The highest BCUT2D eigenvalue weighted by Crippen LogP contribution is 2.32. The van der Waals surface area contributed by atoms with Gasteiger partial charge in [-0.1, -0.05) is 29.3 Å². The van der Waals surface area contributed by atoms with Crippen LogP contribution in [0.25, 0.3) is 0 Å². The third kappa shape index (κ3) is 2.87. The Morgan fingerprint density at radius 1 is 1.05 bits per heavy atom. The van der Waals surface area contributed by atoms with Crippen LogP contribution in [-0.4, -0.2) is 7.05 Å². The average Bonchev–Trinajstić information content (AvgIpc) is 2.37. The topological polar surface area (TPSA) is 12.0 Å². The zero-order valence-corrected chi connectivity index (χ0v) is 13.0. The van der Waals surface area contributed by atoms with Crippen LogP contribution < -0.4 is 5.32 Å². The Hall–Kier alpha value is -1.38. The van der Waals surface area contributed by atoms with Crippen LogP contribution in [0.3, 0.4) is 0 Å². The molecule has 0 aromatic heterocycles. The first-order valence-corrected chi connectivity index (χ1v) is 7.01. The Balaban J connectivity index is 2.61. The molecule has 0 saturated carbocycles. The minimum Gasteiger partial charge on any atom is -0.309 e. The minimum absolute atomic E-state index is 0.112. The number of benzene rings is 2. The first-order chi connectivity index (χ1) is 9.43. The van der Waals surface area contributed by atoms with Gasteiger partial charge in [0.05, 0.1) is 6.04 Å². The molecular weight excluding hydrogens is 273 g/mol. The highest BCUT2D eigenvalue weighted by atomic mass is 35.5. The number of rotatable bonds is 3. The van der Waals surface area contributed by atoms with Gasteiger partial charge in [-0.05, 0) is 68.3 Å². The Morgan fingerprint density at radius 3 is 2.20 bits per heavy atom. The van der Waals surface area contributed by atoms with Crippen LogP contribution in [0.1, 0.15) is 33.9 Å². The van der Waals surface area contributed by atoms with Gasteiger partial charge in [-0.3, -0.25) is 0 Å². The maximum absolute atomic E-state index is 13.5. The molecule has 0 fully saturated rings. The smallest absolute Gasteiger partial charge is 0.123 e. The van der Waals surface area contributed by atoms with Gasteiger partial charge in [-0.25, -0.2) is 4.39 Å². The average molecular weight is 292 g/mol. The molecule has 0 aliphatic rings. The molecule has 0 aliphatic heterocycles. The largest absolute Gasteiger partial charge is 0.309 e. The van der Waals surface area contributed by atoms with Gasteiger partial charge >= 0.3 is 0 Å². The van der Waals surface area contributed by atoms with Crippen molar-refractivity contribution >= 4 is 11.6 Å². The molecule has 1 N–H and O–H groups in total. The summed E-state index contributed by atoms with van der Waals surface area (Å²) in [5.74, 6) is -0.271. The summed E-state index contributed by atoms with van der Waals surface area (Å²) in [5, 5.41) is 3.83. The molecule has 0 heterocycles. The van der Waals surface area contributed by atoms with Crippen molar-refractivity contribution in [3.05, 3.63) is 69.0 Å². The van der Waals surface area contributed by atoms with Gasteiger partial charge in [0, 0.05) is 5.02 Å². The van der Waals surface area contributed by atoms with Gasteiger partial charge in [0.1, 0.15) is 5.82 Å². The van der Waals surface area contributed by atoms with Crippen molar-refractivity contribution in [2.75, 3.05) is 7.05 Å². The number of aryl methyl sites for hydroxylation is 3. The van der Waals surface area contributed by atoms with Gasteiger partial charge in [-0.2, -0.15) is 0 Å². The van der Waals surface area contributed by atoms with E-state index in [0.29, 0.717) is 5.02 Å². The van der Waals surface area contributed by atoms with Crippen LogP contribution in [0.2, 0.25) is 5.02 Å². The third-order valence-electron chi connectivity index (χ3n) is 3.58. The highest BCUT2D eigenvalue weighted by molar-refractivity contribution is 6.31. The molecule has 2 rings (SSSR count). The van der Waals surface area contributed by atoms with E-state index in [1.54, 1.807) is 6.07 Å². The van der Waals surface area contributed by atoms with Crippen molar-refractivity contribution in [3.8, 4) is 0 Å². The maximum Gasteiger partial charge on any atom is 0.123 e. The molecule has 1 atom stereocenters. The van der Waals surface area contributed by atoms with Crippen molar-refractivity contribution in [2.45, 2.75) is 26.8 Å². The summed E-state index contributed by atoms with van der Waals surface area (Å²) >= 11 is 6.25. The first kappa shape index (κ1) is 15.0. The van der Waals surface area contributed by atoms with Gasteiger partial charge in [-0.15, -0.1) is 0 Å². The Kier molecular flexibility index (Phi) is 4.46.